The summed E-state index contributed by atoms with van der Waals surface area (Å²) in [6.45, 7) is 0.778. The number of aliphatic hydroxyl groups excluding tert-OH is 1. The number of hydrogen-bond acceptors (Lipinski definition) is 4. The maximum absolute atomic E-state index is 9.36. The minimum atomic E-state index is -0.0994. The van der Waals surface area contributed by atoms with Crippen LogP contribution in [0.5, 0.6) is 5.75 Å². The number of benzene rings is 1. The molecule has 0 bridgehead atoms. The van der Waals surface area contributed by atoms with Crippen molar-refractivity contribution >= 4 is 11.3 Å². The summed E-state index contributed by atoms with van der Waals surface area (Å²) < 4.78 is 0. The molecule has 1 atom stereocenters. The molecule has 17 heavy (non-hydrogen) atoms. The summed E-state index contributed by atoms with van der Waals surface area (Å²) in [6.07, 6.45) is 0. The molecular formula is C13H15NO2S. The molecule has 1 aromatic heterocycles. The van der Waals surface area contributed by atoms with E-state index in [9.17, 15) is 10.2 Å². The molecular weight excluding hydrogens is 234 g/mol. The Hall–Kier alpha value is -1.36. The molecule has 0 fully saturated rings. The predicted octanol–water partition coefficient (Wildman–Crippen LogP) is 2.28. The molecule has 2 rings (SSSR count). The van der Waals surface area contributed by atoms with Crippen molar-refractivity contribution in [3.05, 3.63) is 52.2 Å². The lowest BCUT2D eigenvalue weighted by Gasteiger charge is -2.16. The lowest BCUT2D eigenvalue weighted by molar-refractivity contribution is 0.244. The van der Waals surface area contributed by atoms with Gasteiger partial charge in [-0.2, -0.15) is 0 Å². The average Bonchev–Trinajstić information content (AvgIpc) is 2.85. The number of rotatable bonds is 5. The predicted molar refractivity (Wildman–Crippen MR) is 69.1 cm³/mol. The van der Waals surface area contributed by atoms with Gasteiger partial charge in [0.15, 0.2) is 0 Å². The molecule has 0 radical (unpaired) electrons. The van der Waals surface area contributed by atoms with Gasteiger partial charge in [0.05, 0.1) is 12.6 Å². The van der Waals surface area contributed by atoms with Gasteiger partial charge in [-0.3, -0.25) is 0 Å². The minimum absolute atomic E-state index is 0.0378. The molecule has 0 saturated carbocycles. The van der Waals surface area contributed by atoms with Crippen LogP contribution in [0.25, 0.3) is 0 Å². The van der Waals surface area contributed by atoms with Gasteiger partial charge in [0.2, 0.25) is 0 Å². The van der Waals surface area contributed by atoms with E-state index in [0.717, 1.165) is 12.1 Å². The van der Waals surface area contributed by atoms with Gasteiger partial charge < -0.3 is 15.5 Å². The molecule has 1 aromatic carbocycles. The van der Waals surface area contributed by atoms with Gasteiger partial charge in [-0.05, 0) is 29.1 Å². The van der Waals surface area contributed by atoms with Gasteiger partial charge in [-0.25, -0.2) is 0 Å². The number of hydrogen-bond donors (Lipinski definition) is 3. The molecule has 2 aromatic rings. The SMILES string of the molecule is OCC(NCc1cccs1)c1ccc(O)cc1. The third-order valence-electron chi connectivity index (χ3n) is 2.58. The Labute approximate surface area is 104 Å². The summed E-state index contributed by atoms with van der Waals surface area (Å²) in [5, 5.41) is 23.9. The number of aliphatic hydroxyl groups is 1. The fourth-order valence-electron chi connectivity index (χ4n) is 1.63. The zero-order valence-corrected chi connectivity index (χ0v) is 10.2. The maximum atomic E-state index is 9.36. The van der Waals surface area contributed by atoms with Crippen molar-refractivity contribution in [1.82, 2.24) is 5.32 Å². The van der Waals surface area contributed by atoms with Crippen molar-refractivity contribution in [2.24, 2.45) is 0 Å². The normalized spacial score (nSPS) is 12.5. The van der Waals surface area contributed by atoms with Gasteiger partial charge in [0, 0.05) is 11.4 Å². The maximum Gasteiger partial charge on any atom is 0.115 e. The number of phenols is 1. The highest BCUT2D eigenvalue weighted by Crippen LogP contribution is 2.17. The third-order valence-corrected chi connectivity index (χ3v) is 3.46. The first-order chi connectivity index (χ1) is 8.29. The summed E-state index contributed by atoms with van der Waals surface area (Å²) in [5.41, 5.74) is 0.974. The second-order valence-electron chi connectivity index (χ2n) is 3.79. The van der Waals surface area contributed by atoms with Gasteiger partial charge in [-0.15, -0.1) is 11.3 Å². The Morgan fingerprint density at radius 1 is 1.18 bits per heavy atom. The Morgan fingerprint density at radius 3 is 2.53 bits per heavy atom. The molecule has 0 spiro atoms. The standard InChI is InChI=1S/C13H15NO2S/c15-9-13(10-3-5-11(16)6-4-10)14-8-12-2-1-7-17-12/h1-7,13-16H,8-9H2. The quantitative estimate of drug-likeness (QED) is 0.762. The van der Waals surface area contributed by atoms with Crippen LogP contribution in [0.3, 0.4) is 0 Å². The van der Waals surface area contributed by atoms with Crippen molar-refractivity contribution in [3.8, 4) is 5.75 Å². The number of phenolic OH excluding ortho intramolecular Hbond substituents is 1. The van der Waals surface area contributed by atoms with Crippen LogP contribution in [0.4, 0.5) is 0 Å². The fraction of sp³-hybridized carbons (Fsp3) is 0.231. The number of aromatic hydroxyl groups is 1. The van der Waals surface area contributed by atoms with Crippen LogP contribution in [0.15, 0.2) is 41.8 Å². The summed E-state index contributed by atoms with van der Waals surface area (Å²) in [6, 6.07) is 10.9. The molecule has 90 valence electrons. The minimum Gasteiger partial charge on any atom is -0.508 e. The van der Waals surface area contributed by atoms with Crippen molar-refractivity contribution in [3.63, 3.8) is 0 Å². The molecule has 0 aliphatic rings. The molecule has 3 N–H and O–H groups in total. The smallest absolute Gasteiger partial charge is 0.115 e. The number of nitrogens with one attached hydrogen (secondary N) is 1. The van der Waals surface area contributed by atoms with Crippen molar-refractivity contribution < 1.29 is 10.2 Å². The van der Waals surface area contributed by atoms with E-state index in [-0.39, 0.29) is 18.4 Å². The largest absolute Gasteiger partial charge is 0.508 e. The Bertz CT molecular complexity index is 439. The Kier molecular flexibility index (Phi) is 4.14. The lowest BCUT2D eigenvalue weighted by Crippen LogP contribution is -2.23. The Morgan fingerprint density at radius 2 is 1.94 bits per heavy atom. The molecule has 1 unspecified atom stereocenters. The zero-order valence-electron chi connectivity index (χ0n) is 9.34. The van der Waals surface area contributed by atoms with E-state index >= 15 is 0 Å². The van der Waals surface area contributed by atoms with E-state index in [1.54, 1.807) is 23.5 Å². The first-order valence-corrected chi connectivity index (χ1v) is 6.33. The topological polar surface area (TPSA) is 52.5 Å². The molecule has 4 heteroatoms. The second kappa shape index (κ2) is 5.82. The van der Waals surface area contributed by atoms with Crippen LogP contribution >= 0.6 is 11.3 Å². The van der Waals surface area contributed by atoms with Crippen LogP contribution in [0.1, 0.15) is 16.5 Å². The van der Waals surface area contributed by atoms with Crippen molar-refractivity contribution in [2.45, 2.75) is 12.6 Å². The first kappa shape index (κ1) is 12.1. The van der Waals surface area contributed by atoms with Crippen LogP contribution in [-0.2, 0) is 6.54 Å². The van der Waals surface area contributed by atoms with E-state index in [2.05, 4.69) is 11.4 Å². The molecule has 0 amide bonds. The Balaban J connectivity index is 1.99. The van der Waals surface area contributed by atoms with Crippen LogP contribution in [0, 0.1) is 0 Å². The monoisotopic (exact) mass is 249 g/mol. The number of thiophene rings is 1. The molecule has 0 saturated heterocycles. The van der Waals surface area contributed by atoms with Gasteiger partial charge >= 0.3 is 0 Å². The summed E-state index contributed by atoms with van der Waals surface area (Å²) in [5.74, 6) is 0.240. The van der Waals surface area contributed by atoms with E-state index in [1.807, 2.05) is 23.6 Å². The highest BCUT2D eigenvalue weighted by Gasteiger charge is 2.09. The molecule has 0 aliphatic heterocycles. The summed E-state index contributed by atoms with van der Waals surface area (Å²) in [4.78, 5) is 1.24. The van der Waals surface area contributed by atoms with E-state index in [0.29, 0.717) is 0 Å². The summed E-state index contributed by atoms with van der Waals surface area (Å²) >= 11 is 1.69. The highest BCUT2D eigenvalue weighted by molar-refractivity contribution is 7.09. The first-order valence-electron chi connectivity index (χ1n) is 5.45. The van der Waals surface area contributed by atoms with Gasteiger partial charge in [0.1, 0.15) is 5.75 Å². The third kappa shape index (κ3) is 3.30. The van der Waals surface area contributed by atoms with Crippen molar-refractivity contribution in [1.29, 1.82) is 0 Å². The van der Waals surface area contributed by atoms with E-state index in [1.165, 1.54) is 4.88 Å². The van der Waals surface area contributed by atoms with Crippen LogP contribution in [0.2, 0.25) is 0 Å². The van der Waals surface area contributed by atoms with Gasteiger partial charge in [0.25, 0.3) is 0 Å². The molecule has 0 aliphatic carbocycles. The van der Waals surface area contributed by atoms with Gasteiger partial charge in [-0.1, -0.05) is 18.2 Å². The van der Waals surface area contributed by atoms with E-state index < -0.39 is 0 Å². The zero-order chi connectivity index (χ0) is 12.1. The molecule has 1 heterocycles. The van der Waals surface area contributed by atoms with Crippen LogP contribution in [-0.4, -0.2) is 16.8 Å². The lowest BCUT2D eigenvalue weighted by atomic mass is 10.1. The highest BCUT2D eigenvalue weighted by atomic mass is 32.1. The average molecular weight is 249 g/mol. The second-order valence-corrected chi connectivity index (χ2v) is 4.82. The fourth-order valence-corrected chi connectivity index (χ4v) is 2.29. The van der Waals surface area contributed by atoms with Crippen molar-refractivity contribution in [2.75, 3.05) is 6.61 Å². The molecule has 3 nitrogen and oxygen atoms in total. The van der Waals surface area contributed by atoms with E-state index in [4.69, 9.17) is 0 Å². The summed E-state index contributed by atoms with van der Waals surface area (Å²) in [7, 11) is 0. The van der Waals surface area contributed by atoms with Crippen LogP contribution < -0.4 is 5.32 Å².